The third-order valence-corrected chi connectivity index (χ3v) is 1.84. The summed E-state index contributed by atoms with van der Waals surface area (Å²) in [6.45, 7) is 4.08. The van der Waals surface area contributed by atoms with Crippen LogP contribution >= 0.6 is 0 Å². The fourth-order valence-electron chi connectivity index (χ4n) is 1.40. The summed E-state index contributed by atoms with van der Waals surface area (Å²) in [5.74, 6) is 0.246. The molecule has 0 unspecified atom stereocenters. The minimum absolute atomic E-state index is 0.0944. The summed E-state index contributed by atoms with van der Waals surface area (Å²) < 4.78 is 13.0. The average Bonchev–Trinajstić information content (AvgIpc) is 2.01. The molecule has 0 aromatic heterocycles. The summed E-state index contributed by atoms with van der Waals surface area (Å²) in [7, 11) is 0. The molecule has 0 aliphatic rings. The quantitative estimate of drug-likeness (QED) is 0.761. The lowest BCUT2D eigenvalue weighted by molar-refractivity contribution is 0.281. The molecule has 1 aromatic carbocycles. The molecule has 0 saturated heterocycles. The van der Waals surface area contributed by atoms with Gasteiger partial charge in [0.15, 0.2) is 0 Å². The zero-order chi connectivity index (χ0) is 9.84. The number of halogens is 1. The third kappa shape index (κ3) is 3.15. The molecule has 0 fully saturated rings. The van der Waals surface area contributed by atoms with E-state index < -0.39 is 0 Å². The van der Waals surface area contributed by atoms with Gasteiger partial charge in [-0.3, -0.25) is 0 Å². The zero-order valence-corrected chi connectivity index (χ0v) is 8.05. The second-order valence-electron chi connectivity index (χ2n) is 3.72. The van der Waals surface area contributed by atoms with Crippen LogP contribution < -0.4 is 0 Å². The van der Waals surface area contributed by atoms with E-state index in [4.69, 9.17) is 5.11 Å². The Balaban J connectivity index is 2.88. The lowest BCUT2D eigenvalue weighted by Crippen LogP contribution is -1.96. The SMILES string of the molecule is CC(C)Cc1cc(F)cc(CO)c1. The Hall–Kier alpha value is -0.890. The Morgan fingerprint density at radius 2 is 1.85 bits per heavy atom. The van der Waals surface area contributed by atoms with Crippen LogP contribution in [0, 0.1) is 11.7 Å². The summed E-state index contributed by atoms with van der Waals surface area (Å²) in [5.41, 5.74) is 1.61. The molecular weight excluding hydrogens is 167 g/mol. The molecule has 1 N–H and O–H groups in total. The highest BCUT2D eigenvalue weighted by atomic mass is 19.1. The molecule has 0 spiro atoms. The average molecular weight is 182 g/mol. The molecule has 0 aliphatic heterocycles. The van der Waals surface area contributed by atoms with Crippen molar-refractivity contribution in [2.24, 2.45) is 5.92 Å². The number of hydrogen-bond donors (Lipinski definition) is 1. The molecule has 1 aromatic rings. The lowest BCUT2D eigenvalue weighted by atomic mass is 10.0. The molecule has 0 aliphatic carbocycles. The first kappa shape index (κ1) is 10.2. The van der Waals surface area contributed by atoms with Crippen molar-refractivity contribution in [3.63, 3.8) is 0 Å². The molecule has 0 atom stereocenters. The predicted octanol–water partition coefficient (Wildman–Crippen LogP) is 2.52. The molecule has 13 heavy (non-hydrogen) atoms. The first-order valence-electron chi connectivity index (χ1n) is 4.51. The van der Waals surface area contributed by atoms with E-state index >= 15 is 0 Å². The monoisotopic (exact) mass is 182 g/mol. The standard InChI is InChI=1S/C11H15FO/c1-8(2)3-9-4-10(7-13)6-11(12)5-9/h4-6,8,13H,3,7H2,1-2H3. The smallest absolute Gasteiger partial charge is 0.123 e. The molecule has 72 valence electrons. The summed E-state index contributed by atoms with van der Waals surface area (Å²) in [6, 6.07) is 4.74. The summed E-state index contributed by atoms with van der Waals surface area (Å²) in [6.07, 6.45) is 0.852. The highest BCUT2D eigenvalue weighted by Crippen LogP contribution is 2.13. The van der Waals surface area contributed by atoms with E-state index in [1.54, 1.807) is 0 Å². The first-order chi connectivity index (χ1) is 6.11. The van der Waals surface area contributed by atoms with Gasteiger partial charge in [0, 0.05) is 0 Å². The maximum Gasteiger partial charge on any atom is 0.123 e. The molecule has 0 bridgehead atoms. The zero-order valence-electron chi connectivity index (χ0n) is 8.05. The largest absolute Gasteiger partial charge is 0.392 e. The molecule has 1 rings (SSSR count). The van der Waals surface area contributed by atoms with E-state index in [-0.39, 0.29) is 12.4 Å². The van der Waals surface area contributed by atoms with E-state index in [0.29, 0.717) is 11.5 Å². The molecule has 0 heterocycles. The maximum absolute atomic E-state index is 13.0. The Morgan fingerprint density at radius 3 is 2.38 bits per heavy atom. The summed E-state index contributed by atoms with van der Waals surface area (Å²) in [4.78, 5) is 0. The minimum atomic E-state index is -0.262. The van der Waals surface area contributed by atoms with Gasteiger partial charge >= 0.3 is 0 Å². The first-order valence-corrected chi connectivity index (χ1v) is 4.51. The highest BCUT2D eigenvalue weighted by Gasteiger charge is 2.02. The van der Waals surface area contributed by atoms with Gasteiger partial charge in [0.2, 0.25) is 0 Å². The summed E-state index contributed by atoms with van der Waals surface area (Å²) >= 11 is 0. The van der Waals surface area contributed by atoms with Gasteiger partial charge in [0.25, 0.3) is 0 Å². The van der Waals surface area contributed by atoms with Gasteiger partial charge < -0.3 is 5.11 Å². The van der Waals surface area contributed by atoms with Gasteiger partial charge in [-0.2, -0.15) is 0 Å². The van der Waals surface area contributed by atoms with E-state index in [9.17, 15) is 4.39 Å². The third-order valence-electron chi connectivity index (χ3n) is 1.84. The van der Waals surface area contributed by atoms with Gasteiger partial charge in [-0.25, -0.2) is 4.39 Å². The fourth-order valence-corrected chi connectivity index (χ4v) is 1.40. The summed E-state index contributed by atoms with van der Waals surface area (Å²) in [5, 5.41) is 8.85. The van der Waals surface area contributed by atoms with Crippen LogP contribution in [0.4, 0.5) is 4.39 Å². The maximum atomic E-state index is 13.0. The van der Waals surface area contributed by atoms with E-state index in [2.05, 4.69) is 13.8 Å². The van der Waals surface area contributed by atoms with Gasteiger partial charge in [-0.05, 0) is 35.6 Å². The fraction of sp³-hybridized carbons (Fsp3) is 0.455. The molecular formula is C11H15FO. The van der Waals surface area contributed by atoms with Crippen molar-refractivity contribution in [1.29, 1.82) is 0 Å². The Labute approximate surface area is 78.2 Å². The Kier molecular flexibility index (Phi) is 3.43. The van der Waals surface area contributed by atoms with Crippen molar-refractivity contribution in [2.75, 3.05) is 0 Å². The van der Waals surface area contributed by atoms with Gasteiger partial charge in [0.05, 0.1) is 6.61 Å². The predicted molar refractivity (Wildman–Crippen MR) is 50.9 cm³/mol. The highest BCUT2D eigenvalue weighted by molar-refractivity contribution is 5.24. The van der Waals surface area contributed by atoms with Gasteiger partial charge in [-0.1, -0.05) is 19.9 Å². The number of aliphatic hydroxyl groups is 1. The van der Waals surface area contributed by atoms with E-state index in [0.717, 1.165) is 12.0 Å². The van der Waals surface area contributed by atoms with Crippen molar-refractivity contribution in [1.82, 2.24) is 0 Å². The van der Waals surface area contributed by atoms with Crippen LogP contribution in [0.25, 0.3) is 0 Å². The van der Waals surface area contributed by atoms with E-state index in [1.165, 1.54) is 12.1 Å². The van der Waals surface area contributed by atoms with Crippen LogP contribution in [0.1, 0.15) is 25.0 Å². The van der Waals surface area contributed by atoms with Crippen LogP contribution in [0.15, 0.2) is 18.2 Å². The molecule has 0 saturated carbocycles. The van der Waals surface area contributed by atoms with Crippen molar-refractivity contribution < 1.29 is 9.50 Å². The van der Waals surface area contributed by atoms with E-state index in [1.807, 2.05) is 6.07 Å². The lowest BCUT2D eigenvalue weighted by Gasteiger charge is -2.06. The number of benzene rings is 1. The van der Waals surface area contributed by atoms with Gasteiger partial charge in [0.1, 0.15) is 5.82 Å². The number of hydrogen-bond acceptors (Lipinski definition) is 1. The van der Waals surface area contributed by atoms with Crippen molar-refractivity contribution >= 4 is 0 Å². The topological polar surface area (TPSA) is 20.2 Å². The van der Waals surface area contributed by atoms with Crippen LogP contribution in [-0.4, -0.2) is 5.11 Å². The molecule has 0 radical (unpaired) electrons. The molecule has 1 nitrogen and oxygen atoms in total. The Morgan fingerprint density at radius 1 is 1.23 bits per heavy atom. The van der Waals surface area contributed by atoms with Crippen molar-refractivity contribution in [3.8, 4) is 0 Å². The number of rotatable bonds is 3. The van der Waals surface area contributed by atoms with Crippen LogP contribution in [0.3, 0.4) is 0 Å². The van der Waals surface area contributed by atoms with Crippen LogP contribution in [0.5, 0.6) is 0 Å². The Bertz CT molecular complexity index is 281. The second-order valence-corrected chi connectivity index (χ2v) is 3.72. The van der Waals surface area contributed by atoms with Crippen molar-refractivity contribution in [2.45, 2.75) is 26.9 Å². The molecule has 2 heteroatoms. The van der Waals surface area contributed by atoms with Crippen LogP contribution in [-0.2, 0) is 13.0 Å². The van der Waals surface area contributed by atoms with Gasteiger partial charge in [-0.15, -0.1) is 0 Å². The van der Waals surface area contributed by atoms with Crippen LogP contribution in [0.2, 0.25) is 0 Å². The minimum Gasteiger partial charge on any atom is -0.392 e. The number of aliphatic hydroxyl groups excluding tert-OH is 1. The molecule has 0 amide bonds. The van der Waals surface area contributed by atoms with Crippen molar-refractivity contribution in [3.05, 3.63) is 35.1 Å². The normalized spacial score (nSPS) is 10.8. The second kappa shape index (κ2) is 4.38.